The number of nitrogens with one attached hydrogen (secondary N) is 1. The van der Waals surface area contributed by atoms with Gasteiger partial charge in [0.1, 0.15) is 0 Å². The zero-order valence-electron chi connectivity index (χ0n) is 15.6. The van der Waals surface area contributed by atoms with E-state index >= 15 is 0 Å². The number of H-pyrrole nitrogens is 1. The third-order valence-electron chi connectivity index (χ3n) is 4.99. The lowest BCUT2D eigenvalue weighted by molar-refractivity contribution is -0.137. The first-order valence-electron chi connectivity index (χ1n) is 9.17. The van der Waals surface area contributed by atoms with Crippen LogP contribution >= 0.6 is 0 Å². The number of hydrogen-bond acceptors (Lipinski definition) is 5. The molecule has 30 heavy (non-hydrogen) atoms. The Balaban J connectivity index is 1.71. The van der Waals surface area contributed by atoms with Crippen molar-refractivity contribution < 1.29 is 23.4 Å². The number of benzene rings is 1. The van der Waals surface area contributed by atoms with E-state index in [0.29, 0.717) is 29.9 Å². The number of imidazole rings is 2. The molecule has 0 aliphatic rings. The van der Waals surface area contributed by atoms with Crippen molar-refractivity contribution in [1.29, 1.82) is 0 Å². The Bertz CT molecular complexity index is 1240. The number of nitrogens with zero attached hydrogens (tertiary/aromatic N) is 4. The summed E-state index contributed by atoms with van der Waals surface area (Å²) >= 11 is 0. The molecule has 158 valence electrons. The van der Waals surface area contributed by atoms with Crippen molar-refractivity contribution in [3.05, 3.63) is 52.7 Å². The summed E-state index contributed by atoms with van der Waals surface area (Å²) in [7, 11) is 0. The monoisotopic (exact) mass is 421 g/mol. The van der Waals surface area contributed by atoms with Crippen LogP contribution in [0.2, 0.25) is 0 Å². The molecule has 3 heterocycles. The molecule has 0 amide bonds. The number of aryl methyl sites for hydroxylation is 1. The van der Waals surface area contributed by atoms with Gasteiger partial charge in [-0.05, 0) is 24.1 Å². The number of hydrogen-bond donors (Lipinski definition) is 3. The second-order valence-electron chi connectivity index (χ2n) is 6.98. The zero-order chi connectivity index (χ0) is 21.5. The van der Waals surface area contributed by atoms with Crippen LogP contribution in [0.5, 0.6) is 0 Å². The van der Waals surface area contributed by atoms with Gasteiger partial charge in [0.15, 0.2) is 11.2 Å². The highest BCUT2D eigenvalue weighted by molar-refractivity contribution is 5.73. The molecular formula is C19H18F3N5O3. The quantitative estimate of drug-likeness (QED) is 0.442. The third kappa shape index (κ3) is 3.57. The number of rotatable bonds is 6. The van der Waals surface area contributed by atoms with Gasteiger partial charge in [0.05, 0.1) is 17.6 Å². The summed E-state index contributed by atoms with van der Waals surface area (Å²) in [5, 5.41) is 18.4. The molecule has 0 atom stereocenters. The van der Waals surface area contributed by atoms with E-state index in [1.54, 1.807) is 4.57 Å². The highest BCUT2D eigenvalue weighted by Crippen LogP contribution is 2.30. The van der Waals surface area contributed by atoms with E-state index in [4.69, 9.17) is 0 Å². The van der Waals surface area contributed by atoms with Gasteiger partial charge in [-0.25, -0.2) is 9.38 Å². The number of alkyl halides is 3. The SMILES string of the molecule is O=c1c2ncn(CCC(CO)CO)c2nc2[nH]c(-c3ccc(C(F)(F)F)cc3)cn12. The average molecular weight is 421 g/mol. The average Bonchev–Trinajstić information content (AvgIpc) is 3.33. The van der Waals surface area contributed by atoms with Crippen LogP contribution < -0.4 is 5.56 Å². The van der Waals surface area contributed by atoms with Crippen molar-refractivity contribution in [1.82, 2.24) is 23.9 Å². The fourth-order valence-corrected chi connectivity index (χ4v) is 3.21. The summed E-state index contributed by atoms with van der Waals surface area (Å²) in [5.74, 6) is -0.0611. The molecule has 0 spiro atoms. The lowest BCUT2D eigenvalue weighted by Crippen LogP contribution is -2.16. The topological polar surface area (TPSA) is 108 Å². The summed E-state index contributed by atoms with van der Waals surface area (Å²) in [6.45, 7) is 0.0878. The minimum Gasteiger partial charge on any atom is -0.396 e. The van der Waals surface area contributed by atoms with Gasteiger partial charge < -0.3 is 19.8 Å². The number of aliphatic hydroxyl groups is 2. The van der Waals surface area contributed by atoms with Gasteiger partial charge in [0.25, 0.3) is 5.56 Å². The van der Waals surface area contributed by atoms with Crippen LogP contribution in [0.3, 0.4) is 0 Å². The van der Waals surface area contributed by atoms with Gasteiger partial charge in [-0.15, -0.1) is 0 Å². The van der Waals surface area contributed by atoms with Crippen LogP contribution in [-0.4, -0.2) is 47.3 Å². The first-order chi connectivity index (χ1) is 14.3. The molecule has 11 heteroatoms. The molecule has 3 N–H and O–H groups in total. The Labute approximate surface area is 167 Å². The van der Waals surface area contributed by atoms with E-state index in [1.807, 2.05) is 0 Å². The maximum atomic E-state index is 12.8. The van der Waals surface area contributed by atoms with E-state index in [1.165, 1.54) is 29.1 Å². The summed E-state index contributed by atoms with van der Waals surface area (Å²) in [6.07, 6.45) is -1.01. The molecule has 0 saturated heterocycles. The molecule has 0 unspecified atom stereocenters. The van der Waals surface area contributed by atoms with E-state index in [2.05, 4.69) is 15.0 Å². The Morgan fingerprint density at radius 2 is 1.83 bits per heavy atom. The van der Waals surface area contributed by atoms with Gasteiger partial charge in [0, 0.05) is 31.9 Å². The Hall–Kier alpha value is -3.18. The number of fused-ring (bicyclic) bond motifs is 2. The Kier molecular flexibility index (Phi) is 5.08. The number of aromatic amines is 1. The standard InChI is InChI=1S/C19H18F3N5O3/c20-19(21,22)13-3-1-12(2-4-13)14-7-27-17(30)15-16(25-18(27)24-14)26(10-23-15)6-5-11(8-28)9-29/h1-4,7,10-11,28-29H,5-6,8-9H2,(H,24,25). The minimum atomic E-state index is -4.43. The second-order valence-corrected chi connectivity index (χ2v) is 6.98. The van der Waals surface area contributed by atoms with Crippen molar-refractivity contribution in [2.45, 2.75) is 19.1 Å². The van der Waals surface area contributed by atoms with Gasteiger partial charge in [-0.1, -0.05) is 12.1 Å². The van der Waals surface area contributed by atoms with Crippen LogP contribution in [0.25, 0.3) is 28.2 Å². The van der Waals surface area contributed by atoms with Crippen LogP contribution in [0.1, 0.15) is 12.0 Å². The number of aromatic nitrogens is 5. The highest BCUT2D eigenvalue weighted by atomic mass is 19.4. The van der Waals surface area contributed by atoms with Crippen molar-refractivity contribution in [2.24, 2.45) is 5.92 Å². The highest BCUT2D eigenvalue weighted by Gasteiger charge is 2.30. The smallest absolute Gasteiger partial charge is 0.396 e. The molecular weight excluding hydrogens is 403 g/mol. The maximum Gasteiger partial charge on any atom is 0.416 e. The van der Waals surface area contributed by atoms with E-state index in [9.17, 15) is 28.2 Å². The lowest BCUT2D eigenvalue weighted by Gasteiger charge is -2.10. The third-order valence-corrected chi connectivity index (χ3v) is 4.99. The first kappa shape index (κ1) is 20.1. The minimum absolute atomic E-state index is 0.148. The van der Waals surface area contributed by atoms with E-state index in [-0.39, 0.29) is 30.4 Å². The number of aliphatic hydroxyl groups excluding tert-OH is 2. The zero-order valence-corrected chi connectivity index (χ0v) is 15.6. The van der Waals surface area contributed by atoms with Crippen LogP contribution in [0.4, 0.5) is 13.2 Å². The molecule has 0 fully saturated rings. The normalized spacial score (nSPS) is 12.5. The lowest BCUT2D eigenvalue weighted by atomic mass is 10.1. The van der Waals surface area contributed by atoms with Crippen LogP contribution in [0.15, 0.2) is 41.6 Å². The molecule has 4 aromatic rings. The van der Waals surface area contributed by atoms with Gasteiger partial charge >= 0.3 is 6.18 Å². The molecule has 0 bridgehead atoms. The predicted octanol–water partition coefficient (Wildman–Crippen LogP) is 2.05. The molecule has 3 aromatic heterocycles. The molecule has 0 aliphatic heterocycles. The molecule has 0 saturated carbocycles. The molecule has 0 aliphatic carbocycles. The number of halogens is 3. The largest absolute Gasteiger partial charge is 0.416 e. The molecule has 4 rings (SSSR count). The van der Waals surface area contributed by atoms with Crippen molar-refractivity contribution >= 4 is 16.9 Å². The van der Waals surface area contributed by atoms with Crippen molar-refractivity contribution in [2.75, 3.05) is 13.2 Å². The summed E-state index contributed by atoms with van der Waals surface area (Å²) in [4.78, 5) is 24.3. The fraction of sp³-hybridized carbons (Fsp3) is 0.316. The van der Waals surface area contributed by atoms with Gasteiger partial charge in [-0.3, -0.25) is 4.79 Å². The van der Waals surface area contributed by atoms with E-state index in [0.717, 1.165) is 12.1 Å². The molecule has 1 aromatic carbocycles. The van der Waals surface area contributed by atoms with Gasteiger partial charge in [-0.2, -0.15) is 18.2 Å². The van der Waals surface area contributed by atoms with Crippen LogP contribution in [-0.2, 0) is 12.7 Å². The maximum absolute atomic E-state index is 12.8. The molecule has 8 nitrogen and oxygen atoms in total. The van der Waals surface area contributed by atoms with Gasteiger partial charge in [0.2, 0.25) is 5.78 Å². The summed E-state index contributed by atoms with van der Waals surface area (Å²) in [5.41, 5.74) is 0.232. The first-order valence-corrected chi connectivity index (χ1v) is 9.17. The van der Waals surface area contributed by atoms with Crippen molar-refractivity contribution in [3.63, 3.8) is 0 Å². The summed E-state index contributed by atoms with van der Waals surface area (Å²) < 4.78 is 41.2. The van der Waals surface area contributed by atoms with Crippen molar-refractivity contribution in [3.8, 4) is 11.3 Å². The van der Waals surface area contributed by atoms with E-state index < -0.39 is 17.3 Å². The Morgan fingerprint density at radius 3 is 2.47 bits per heavy atom. The second kappa shape index (κ2) is 7.58. The summed E-state index contributed by atoms with van der Waals surface area (Å²) in [6, 6.07) is 4.59. The molecule has 0 radical (unpaired) electrons. The van der Waals surface area contributed by atoms with Crippen LogP contribution in [0, 0.1) is 5.92 Å². The predicted molar refractivity (Wildman–Crippen MR) is 102 cm³/mol. The fourth-order valence-electron chi connectivity index (χ4n) is 3.21. The Morgan fingerprint density at radius 1 is 1.13 bits per heavy atom.